The summed E-state index contributed by atoms with van der Waals surface area (Å²) >= 11 is 5.94. The highest BCUT2D eigenvalue weighted by molar-refractivity contribution is 6.30. The van der Waals surface area contributed by atoms with E-state index in [2.05, 4.69) is 19.2 Å². The fraction of sp³-hybridized carbons (Fsp3) is 0.350. The second-order valence-electron chi connectivity index (χ2n) is 6.77. The summed E-state index contributed by atoms with van der Waals surface area (Å²) in [4.78, 5) is 12.5. The van der Waals surface area contributed by atoms with Crippen molar-refractivity contribution in [2.75, 3.05) is 6.61 Å². The SMILES string of the molecule is CC(C)COc1ccc(C(=O)NC2(c3ccc(Cl)cc3)CC2)cc1. The first kappa shape index (κ1) is 16.8. The van der Waals surface area contributed by atoms with Gasteiger partial charge in [-0.15, -0.1) is 0 Å². The van der Waals surface area contributed by atoms with Crippen LogP contribution in [0.5, 0.6) is 5.75 Å². The molecule has 1 saturated carbocycles. The van der Waals surface area contributed by atoms with Gasteiger partial charge in [-0.2, -0.15) is 0 Å². The number of rotatable bonds is 6. The third-order valence-corrected chi connectivity index (χ3v) is 4.45. The van der Waals surface area contributed by atoms with Crippen molar-refractivity contribution in [1.82, 2.24) is 5.32 Å². The predicted octanol–water partition coefficient (Wildman–Crippen LogP) is 4.79. The molecule has 0 radical (unpaired) electrons. The van der Waals surface area contributed by atoms with Crippen LogP contribution in [0.25, 0.3) is 0 Å². The molecule has 24 heavy (non-hydrogen) atoms. The van der Waals surface area contributed by atoms with Crippen LogP contribution in [0.4, 0.5) is 0 Å². The Balaban J connectivity index is 1.65. The maximum atomic E-state index is 12.5. The molecular formula is C20H22ClNO2. The highest BCUT2D eigenvalue weighted by Crippen LogP contribution is 2.45. The number of carbonyl (C=O) groups excluding carboxylic acids is 1. The Labute approximate surface area is 148 Å². The summed E-state index contributed by atoms with van der Waals surface area (Å²) in [7, 11) is 0. The van der Waals surface area contributed by atoms with Crippen LogP contribution in [0.3, 0.4) is 0 Å². The molecule has 3 rings (SSSR count). The van der Waals surface area contributed by atoms with Crippen molar-refractivity contribution >= 4 is 17.5 Å². The van der Waals surface area contributed by atoms with E-state index in [4.69, 9.17) is 16.3 Å². The molecule has 126 valence electrons. The Hall–Kier alpha value is -2.00. The number of hydrogen-bond donors (Lipinski definition) is 1. The average molecular weight is 344 g/mol. The minimum absolute atomic E-state index is 0.0575. The smallest absolute Gasteiger partial charge is 0.251 e. The van der Waals surface area contributed by atoms with Crippen LogP contribution in [0.15, 0.2) is 48.5 Å². The maximum Gasteiger partial charge on any atom is 0.251 e. The van der Waals surface area contributed by atoms with Crippen molar-refractivity contribution in [2.24, 2.45) is 5.92 Å². The lowest BCUT2D eigenvalue weighted by atomic mass is 10.0. The molecule has 1 aliphatic carbocycles. The summed E-state index contributed by atoms with van der Waals surface area (Å²) in [5.74, 6) is 1.21. The van der Waals surface area contributed by atoms with Gasteiger partial charge in [0.05, 0.1) is 12.1 Å². The maximum absolute atomic E-state index is 12.5. The monoisotopic (exact) mass is 343 g/mol. The van der Waals surface area contributed by atoms with Gasteiger partial charge in [0.25, 0.3) is 5.91 Å². The molecule has 0 heterocycles. The van der Waals surface area contributed by atoms with Crippen LogP contribution in [-0.2, 0) is 5.54 Å². The van der Waals surface area contributed by atoms with Crippen LogP contribution in [0, 0.1) is 5.92 Å². The summed E-state index contributed by atoms with van der Waals surface area (Å²) in [5.41, 5.74) is 1.51. The highest BCUT2D eigenvalue weighted by atomic mass is 35.5. The van der Waals surface area contributed by atoms with Gasteiger partial charge in [0.2, 0.25) is 0 Å². The molecule has 1 aliphatic rings. The minimum atomic E-state index is -0.242. The lowest BCUT2D eigenvalue weighted by molar-refractivity contribution is 0.0931. The zero-order chi connectivity index (χ0) is 17.2. The molecule has 0 bridgehead atoms. The van der Waals surface area contributed by atoms with Crippen molar-refractivity contribution in [1.29, 1.82) is 0 Å². The molecule has 0 aliphatic heterocycles. The molecule has 4 heteroatoms. The average Bonchev–Trinajstić information content (AvgIpc) is 3.34. The molecular weight excluding hydrogens is 322 g/mol. The zero-order valence-electron chi connectivity index (χ0n) is 14.0. The van der Waals surface area contributed by atoms with Gasteiger partial charge in [0.15, 0.2) is 0 Å². The van der Waals surface area contributed by atoms with Crippen molar-refractivity contribution in [3.63, 3.8) is 0 Å². The first-order valence-electron chi connectivity index (χ1n) is 8.30. The number of amides is 1. The molecule has 0 aromatic heterocycles. The van der Waals surface area contributed by atoms with Crippen molar-refractivity contribution in [3.8, 4) is 5.75 Å². The van der Waals surface area contributed by atoms with E-state index in [9.17, 15) is 4.79 Å². The molecule has 1 fully saturated rings. The van der Waals surface area contributed by atoms with Crippen molar-refractivity contribution in [2.45, 2.75) is 32.2 Å². The predicted molar refractivity (Wildman–Crippen MR) is 96.6 cm³/mol. The molecule has 3 nitrogen and oxygen atoms in total. The van der Waals surface area contributed by atoms with E-state index >= 15 is 0 Å². The van der Waals surface area contributed by atoms with Gasteiger partial charge in [-0.1, -0.05) is 37.6 Å². The summed E-state index contributed by atoms with van der Waals surface area (Å²) < 4.78 is 5.65. The van der Waals surface area contributed by atoms with E-state index in [1.54, 1.807) is 0 Å². The topological polar surface area (TPSA) is 38.3 Å². The number of carbonyl (C=O) groups is 1. The Kier molecular flexibility index (Phi) is 4.81. The normalized spacial score (nSPS) is 15.2. The second kappa shape index (κ2) is 6.86. The lowest BCUT2D eigenvalue weighted by Crippen LogP contribution is -2.34. The number of hydrogen-bond acceptors (Lipinski definition) is 2. The summed E-state index contributed by atoms with van der Waals surface area (Å²) in [6.45, 7) is 4.88. The van der Waals surface area contributed by atoms with Gasteiger partial charge in [-0.05, 0) is 60.7 Å². The molecule has 2 aromatic carbocycles. The molecule has 1 amide bonds. The van der Waals surface area contributed by atoms with Gasteiger partial charge < -0.3 is 10.1 Å². The first-order chi connectivity index (χ1) is 11.5. The quantitative estimate of drug-likeness (QED) is 0.818. The third kappa shape index (κ3) is 3.90. The number of benzene rings is 2. The van der Waals surface area contributed by atoms with Crippen molar-refractivity contribution in [3.05, 3.63) is 64.7 Å². The van der Waals surface area contributed by atoms with Crippen LogP contribution < -0.4 is 10.1 Å². The Morgan fingerprint density at radius 1 is 1.12 bits per heavy atom. The van der Waals surface area contributed by atoms with Crippen LogP contribution in [0.1, 0.15) is 42.6 Å². The van der Waals surface area contributed by atoms with Gasteiger partial charge in [0, 0.05) is 10.6 Å². The van der Waals surface area contributed by atoms with E-state index < -0.39 is 0 Å². The lowest BCUT2D eigenvalue weighted by Gasteiger charge is -2.18. The van der Waals surface area contributed by atoms with Gasteiger partial charge in [-0.3, -0.25) is 4.79 Å². The first-order valence-corrected chi connectivity index (χ1v) is 8.68. The molecule has 1 N–H and O–H groups in total. The van der Waals surface area contributed by atoms with Crippen LogP contribution >= 0.6 is 11.6 Å². The molecule has 0 saturated heterocycles. The van der Waals surface area contributed by atoms with E-state index in [1.165, 1.54) is 0 Å². The second-order valence-corrected chi connectivity index (χ2v) is 7.21. The van der Waals surface area contributed by atoms with Crippen LogP contribution in [-0.4, -0.2) is 12.5 Å². The van der Waals surface area contributed by atoms with Crippen LogP contribution in [0.2, 0.25) is 5.02 Å². The Morgan fingerprint density at radius 3 is 2.29 bits per heavy atom. The highest BCUT2D eigenvalue weighted by Gasteiger charge is 2.45. The number of halogens is 1. The van der Waals surface area contributed by atoms with E-state index in [-0.39, 0.29) is 11.4 Å². The van der Waals surface area contributed by atoms with E-state index in [0.717, 1.165) is 24.2 Å². The van der Waals surface area contributed by atoms with E-state index in [1.807, 2.05) is 48.5 Å². The standard InChI is InChI=1S/C20H22ClNO2/c1-14(2)13-24-18-9-3-15(4-10-18)19(23)22-20(11-12-20)16-5-7-17(21)8-6-16/h3-10,14H,11-13H2,1-2H3,(H,22,23). The molecule has 2 aromatic rings. The van der Waals surface area contributed by atoms with Gasteiger partial charge in [-0.25, -0.2) is 0 Å². The minimum Gasteiger partial charge on any atom is -0.493 e. The summed E-state index contributed by atoms with van der Waals surface area (Å²) in [6.07, 6.45) is 1.91. The fourth-order valence-electron chi connectivity index (χ4n) is 2.63. The number of nitrogens with one attached hydrogen (secondary N) is 1. The molecule has 0 atom stereocenters. The summed E-state index contributed by atoms with van der Waals surface area (Å²) in [5, 5.41) is 3.87. The largest absolute Gasteiger partial charge is 0.493 e. The molecule has 0 unspecified atom stereocenters. The van der Waals surface area contributed by atoms with Gasteiger partial charge >= 0.3 is 0 Å². The van der Waals surface area contributed by atoms with Gasteiger partial charge in [0.1, 0.15) is 5.75 Å². The van der Waals surface area contributed by atoms with E-state index in [0.29, 0.717) is 23.1 Å². The summed E-state index contributed by atoms with van der Waals surface area (Å²) in [6, 6.07) is 15.0. The fourth-order valence-corrected chi connectivity index (χ4v) is 2.76. The zero-order valence-corrected chi connectivity index (χ0v) is 14.8. The molecule has 0 spiro atoms. The number of ether oxygens (including phenoxy) is 1. The Morgan fingerprint density at radius 2 is 1.75 bits per heavy atom. The Bertz CT molecular complexity index is 703. The van der Waals surface area contributed by atoms with Crippen molar-refractivity contribution < 1.29 is 9.53 Å². The third-order valence-electron chi connectivity index (χ3n) is 4.20.